The van der Waals surface area contributed by atoms with E-state index in [0.29, 0.717) is 13.1 Å². The largest absolute Gasteiger partial charge is 0.501 e. The minimum atomic E-state index is -0.457. The summed E-state index contributed by atoms with van der Waals surface area (Å²) in [4.78, 5) is 13.9. The average molecular weight is 301 g/mol. The molecule has 1 aromatic carbocycles. The SMILES string of the molecule is CC(C)(C)OC(=O)N1Cc2ccc(C3=COCCC3)cc2C1. The van der Waals surface area contributed by atoms with Crippen LogP contribution in [0, 0.1) is 0 Å². The summed E-state index contributed by atoms with van der Waals surface area (Å²) in [5.41, 5.74) is 4.39. The summed E-state index contributed by atoms with van der Waals surface area (Å²) in [5, 5.41) is 0. The fraction of sp³-hybridized carbons (Fsp3) is 0.500. The van der Waals surface area contributed by atoms with Crippen LogP contribution in [0.15, 0.2) is 24.5 Å². The van der Waals surface area contributed by atoms with Gasteiger partial charge in [-0.2, -0.15) is 0 Å². The molecule has 0 saturated carbocycles. The molecule has 0 unspecified atom stereocenters. The molecule has 4 nitrogen and oxygen atoms in total. The molecule has 0 fully saturated rings. The second-order valence-electron chi connectivity index (χ2n) is 6.94. The van der Waals surface area contributed by atoms with Crippen LogP contribution in [0.25, 0.3) is 5.57 Å². The van der Waals surface area contributed by atoms with Crippen molar-refractivity contribution in [3.63, 3.8) is 0 Å². The monoisotopic (exact) mass is 301 g/mol. The second-order valence-corrected chi connectivity index (χ2v) is 6.94. The third-order valence-electron chi connectivity index (χ3n) is 3.89. The topological polar surface area (TPSA) is 38.8 Å². The van der Waals surface area contributed by atoms with E-state index in [-0.39, 0.29) is 6.09 Å². The molecule has 0 bridgehead atoms. The maximum Gasteiger partial charge on any atom is 0.410 e. The van der Waals surface area contributed by atoms with Gasteiger partial charge in [0.05, 0.1) is 12.9 Å². The zero-order valence-corrected chi connectivity index (χ0v) is 13.5. The van der Waals surface area contributed by atoms with E-state index in [9.17, 15) is 4.79 Å². The first kappa shape index (κ1) is 14.9. The molecule has 0 saturated heterocycles. The lowest BCUT2D eigenvalue weighted by atomic mass is 9.98. The first-order valence-corrected chi connectivity index (χ1v) is 7.83. The number of rotatable bonds is 1. The van der Waals surface area contributed by atoms with Gasteiger partial charge in [0.1, 0.15) is 5.60 Å². The van der Waals surface area contributed by atoms with Crippen LogP contribution in [-0.4, -0.2) is 23.2 Å². The van der Waals surface area contributed by atoms with Gasteiger partial charge in [-0.1, -0.05) is 12.1 Å². The smallest absolute Gasteiger partial charge is 0.410 e. The molecule has 0 radical (unpaired) electrons. The summed E-state index contributed by atoms with van der Waals surface area (Å²) in [7, 11) is 0. The van der Waals surface area contributed by atoms with Gasteiger partial charge in [0.15, 0.2) is 0 Å². The predicted octanol–water partition coefficient (Wildman–Crippen LogP) is 4.09. The van der Waals surface area contributed by atoms with E-state index in [0.717, 1.165) is 19.4 Å². The highest BCUT2D eigenvalue weighted by Crippen LogP contribution is 2.30. The van der Waals surface area contributed by atoms with Gasteiger partial charge < -0.3 is 9.47 Å². The molecular formula is C18H23NO3. The number of allylic oxidation sites excluding steroid dienone is 1. The van der Waals surface area contributed by atoms with Crippen molar-refractivity contribution in [1.29, 1.82) is 0 Å². The molecule has 118 valence electrons. The first-order valence-electron chi connectivity index (χ1n) is 7.83. The summed E-state index contributed by atoms with van der Waals surface area (Å²) < 4.78 is 10.9. The van der Waals surface area contributed by atoms with Crippen molar-refractivity contribution in [1.82, 2.24) is 4.90 Å². The summed E-state index contributed by atoms with van der Waals surface area (Å²) in [6.07, 6.45) is 3.73. The minimum absolute atomic E-state index is 0.245. The summed E-state index contributed by atoms with van der Waals surface area (Å²) in [5.74, 6) is 0. The van der Waals surface area contributed by atoms with Crippen molar-refractivity contribution in [2.45, 2.75) is 52.3 Å². The lowest BCUT2D eigenvalue weighted by Gasteiger charge is -2.24. The highest BCUT2D eigenvalue weighted by molar-refractivity contribution is 5.71. The predicted molar refractivity (Wildman–Crippen MR) is 85.1 cm³/mol. The van der Waals surface area contributed by atoms with Crippen LogP contribution >= 0.6 is 0 Å². The molecular weight excluding hydrogens is 278 g/mol. The van der Waals surface area contributed by atoms with E-state index in [2.05, 4.69) is 18.2 Å². The van der Waals surface area contributed by atoms with Crippen LogP contribution in [0.4, 0.5) is 4.79 Å². The molecule has 0 atom stereocenters. The number of nitrogens with zero attached hydrogens (tertiary/aromatic N) is 1. The third kappa shape index (κ3) is 3.26. The average Bonchev–Trinajstić information content (AvgIpc) is 2.89. The molecule has 0 aliphatic carbocycles. The van der Waals surface area contributed by atoms with E-state index < -0.39 is 5.60 Å². The fourth-order valence-corrected chi connectivity index (χ4v) is 2.83. The van der Waals surface area contributed by atoms with Crippen molar-refractivity contribution in [2.75, 3.05) is 6.61 Å². The van der Waals surface area contributed by atoms with Gasteiger partial charge in [-0.15, -0.1) is 0 Å². The molecule has 22 heavy (non-hydrogen) atoms. The lowest BCUT2D eigenvalue weighted by molar-refractivity contribution is 0.0242. The fourth-order valence-electron chi connectivity index (χ4n) is 2.83. The number of carbonyl (C=O) groups excluding carboxylic acids is 1. The minimum Gasteiger partial charge on any atom is -0.501 e. The molecule has 2 heterocycles. The van der Waals surface area contributed by atoms with Gasteiger partial charge in [0.2, 0.25) is 0 Å². The number of benzene rings is 1. The zero-order valence-electron chi connectivity index (χ0n) is 13.5. The van der Waals surface area contributed by atoms with Crippen molar-refractivity contribution >= 4 is 11.7 Å². The Kier molecular flexibility index (Phi) is 3.85. The zero-order chi connectivity index (χ0) is 15.7. The van der Waals surface area contributed by atoms with E-state index in [4.69, 9.17) is 9.47 Å². The van der Waals surface area contributed by atoms with Crippen LogP contribution in [0.5, 0.6) is 0 Å². The molecule has 1 aromatic rings. The van der Waals surface area contributed by atoms with Crippen molar-refractivity contribution in [3.05, 3.63) is 41.2 Å². The Morgan fingerprint density at radius 3 is 2.68 bits per heavy atom. The molecule has 3 rings (SSSR count). The Morgan fingerprint density at radius 1 is 1.23 bits per heavy atom. The van der Waals surface area contributed by atoms with Crippen LogP contribution in [0.3, 0.4) is 0 Å². The van der Waals surface area contributed by atoms with E-state index in [1.807, 2.05) is 27.0 Å². The Labute approximate surface area is 131 Å². The van der Waals surface area contributed by atoms with E-state index in [1.165, 1.54) is 22.3 Å². The maximum atomic E-state index is 12.2. The summed E-state index contributed by atoms with van der Waals surface area (Å²) in [6.45, 7) is 7.72. The first-order chi connectivity index (χ1) is 10.4. The molecule has 1 amide bonds. The quantitative estimate of drug-likeness (QED) is 0.784. The van der Waals surface area contributed by atoms with E-state index >= 15 is 0 Å². The van der Waals surface area contributed by atoms with Crippen LogP contribution in [0.1, 0.15) is 50.3 Å². The molecule has 0 N–H and O–H groups in total. The molecule has 2 aliphatic rings. The number of hydrogen-bond donors (Lipinski definition) is 0. The van der Waals surface area contributed by atoms with Gasteiger partial charge in [0, 0.05) is 13.1 Å². The molecule has 0 aromatic heterocycles. The summed E-state index contributed by atoms with van der Waals surface area (Å²) in [6, 6.07) is 6.42. The van der Waals surface area contributed by atoms with Gasteiger partial charge in [-0.05, 0) is 61.9 Å². The van der Waals surface area contributed by atoms with Crippen molar-refractivity contribution in [3.8, 4) is 0 Å². The Balaban J connectivity index is 1.74. The second kappa shape index (κ2) is 5.67. The Hall–Kier alpha value is -1.97. The van der Waals surface area contributed by atoms with Gasteiger partial charge >= 0.3 is 6.09 Å². The number of amides is 1. The number of fused-ring (bicyclic) bond motifs is 1. The number of carbonyl (C=O) groups is 1. The number of ether oxygens (including phenoxy) is 2. The molecule has 0 spiro atoms. The van der Waals surface area contributed by atoms with Crippen molar-refractivity contribution in [2.24, 2.45) is 0 Å². The highest BCUT2D eigenvalue weighted by Gasteiger charge is 2.28. The van der Waals surface area contributed by atoms with E-state index in [1.54, 1.807) is 4.90 Å². The normalized spacial score (nSPS) is 17.6. The summed E-state index contributed by atoms with van der Waals surface area (Å²) >= 11 is 0. The third-order valence-corrected chi connectivity index (χ3v) is 3.89. The van der Waals surface area contributed by atoms with Gasteiger partial charge in [-0.3, -0.25) is 4.90 Å². The standard InChI is InChI=1S/C18H23NO3/c1-18(2,3)22-17(20)19-10-14-7-6-13(9-16(14)11-19)15-5-4-8-21-12-15/h6-7,9,12H,4-5,8,10-11H2,1-3H3. The van der Waals surface area contributed by atoms with Gasteiger partial charge in [0.25, 0.3) is 0 Å². The highest BCUT2D eigenvalue weighted by atomic mass is 16.6. The van der Waals surface area contributed by atoms with Crippen LogP contribution in [-0.2, 0) is 22.6 Å². The lowest BCUT2D eigenvalue weighted by Crippen LogP contribution is -2.33. The number of hydrogen-bond acceptors (Lipinski definition) is 3. The maximum absolute atomic E-state index is 12.2. The Bertz CT molecular complexity index is 613. The molecule has 2 aliphatic heterocycles. The van der Waals surface area contributed by atoms with Crippen LogP contribution in [0.2, 0.25) is 0 Å². The van der Waals surface area contributed by atoms with Gasteiger partial charge in [-0.25, -0.2) is 4.79 Å². The van der Waals surface area contributed by atoms with Crippen molar-refractivity contribution < 1.29 is 14.3 Å². The Morgan fingerprint density at radius 2 is 2.00 bits per heavy atom. The molecule has 4 heteroatoms. The van der Waals surface area contributed by atoms with Crippen LogP contribution < -0.4 is 0 Å².